The molecule has 3 atom stereocenters. The van der Waals surface area contributed by atoms with E-state index in [0.717, 1.165) is 70.6 Å². The van der Waals surface area contributed by atoms with Crippen molar-refractivity contribution in [2.24, 2.45) is 0 Å². The number of esters is 1. The van der Waals surface area contributed by atoms with E-state index in [-0.39, 0.29) is 24.9 Å². The molecule has 6 nitrogen and oxygen atoms in total. The fraction of sp³-hybridized carbons (Fsp3) is 0.855. The summed E-state index contributed by atoms with van der Waals surface area (Å²) in [4.78, 5) is 26.1. The molecular weight excluding hydrogens is 755 g/mol. The molecule has 0 aliphatic rings. The fourth-order valence-electron chi connectivity index (χ4n) is 8.14. The second-order valence-electron chi connectivity index (χ2n) is 18.3. The summed E-state index contributed by atoms with van der Waals surface area (Å²) in [6.07, 6.45) is 57.7. The number of hydrogen-bond donors (Lipinski definition) is 3. The average Bonchev–Trinajstić information content (AvgIpc) is 3.25. The van der Waals surface area contributed by atoms with Crippen LogP contribution in [0.25, 0.3) is 0 Å². The third-order valence-corrected chi connectivity index (χ3v) is 12.2. The monoisotopic (exact) mass is 858 g/mol. The van der Waals surface area contributed by atoms with Crippen molar-refractivity contribution in [3.63, 3.8) is 0 Å². The Morgan fingerprint density at radius 2 is 0.836 bits per heavy atom. The van der Waals surface area contributed by atoms with Gasteiger partial charge < -0.3 is 20.3 Å². The van der Waals surface area contributed by atoms with E-state index in [1.165, 1.54) is 161 Å². The van der Waals surface area contributed by atoms with Crippen LogP contribution in [-0.4, -0.2) is 46.9 Å². The maximum Gasteiger partial charge on any atom is 0.306 e. The Bertz CT molecular complexity index is 1010. The maximum absolute atomic E-state index is 13.2. The highest BCUT2D eigenvalue weighted by molar-refractivity contribution is 5.77. The van der Waals surface area contributed by atoms with Crippen LogP contribution in [0.4, 0.5) is 0 Å². The van der Waals surface area contributed by atoms with Crippen LogP contribution < -0.4 is 5.32 Å². The second-order valence-corrected chi connectivity index (χ2v) is 18.3. The number of ether oxygens (including phenoxy) is 1. The first-order valence-electron chi connectivity index (χ1n) is 26.7. The highest BCUT2D eigenvalue weighted by Gasteiger charge is 2.24. The van der Waals surface area contributed by atoms with E-state index in [2.05, 4.69) is 62.5 Å². The Morgan fingerprint density at radius 1 is 0.475 bits per heavy atom. The molecule has 0 aromatic carbocycles. The largest absolute Gasteiger partial charge is 0.462 e. The molecule has 0 aromatic heterocycles. The molecule has 0 rings (SSSR count). The van der Waals surface area contributed by atoms with Crippen molar-refractivity contribution in [3.05, 3.63) is 36.5 Å². The maximum atomic E-state index is 13.2. The lowest BCUT2D eigenvalue weighted by Gasteiger charge is -2.24. The standard InChI is InChI=1S/C55H103NO5/c1-4-7-10-13-16-19-22-25-27-29-31-34-37-40-43-46-51(61-55(60)48-45-42-39-36-33-24-21-18-15-12-9-6-3)49-54(59)56-52(50-57)53(58)47-44-41-38-35-32-30-28-26-23-20-17-14-11-8-5-2/h16,19,25,27,31,34,51-53,57-58H,4-15,17-18,20-24,26,28-30,32-33,35-50H2,1-3H3,(H,56,59)/b19-16-,27-25-,34-31-. The Morgan fingerprint density at radius 3 is 1.28 bits per heavy atom. The van der Waals surface area contributed by atoms with Crippen molar-refractivity contribution in [3.8, 4) is 0 Å². The number of aliphatic hydroxyl groups is 2. The summed E-state index contributed by atoms with van der Waals surface area (Å²) in [6, 6.07) is -0.711. The molecule has 6 heteroatoms. The summed E-state index contributed by atoms with van der Waals surface area (Å²) in [5, 5.41) is 23.8. The molecule has 0 heterocycles. The zero-order valence-electron chi connectivity index (χ0n) is 40.8. The summed E-state index contributed by atoms with van der Waals surface area (Å²) in [6.45, 7) is 6.46. The van der Waals surface area contributed by atoms with Crippen molar-refractivity contribution in [1.29, 1.82) is 0 Å². The summed E-state index contributed by atoms with van der Waals surface area (Å²) in [5.41, 5.74) is 0. The third-order valence-electron chi connectivity index (χ3n) is 12.2. The number of allylic oxidation sites excluding steroid dienone is 6. The zero-order chi connectivity index (χ0) is 44.5. The minimum atomic E-state index is -0.795. The first-order valence-corrected chi connectivity index (χ1v) is 26.7. The van der Waals surface area contributed by atoms with Crippen LogP contribution in [0.3, 0.4) is 0 Å². The lowest BCUT2D eigenvalue weighted by molar-refractivity contribution is -0.151. The van der Waals surface area contributed by atoms with Crippen LogP contribution in [0.1, 0.15) is 278 Å². The van der Waals surface area contributed by atoms with Gasteiger partial charge in [-0.2, -0.15) is 0 Å². The van der Waals surface area contributed by atoms with E-state index >= 15 is 0 Å². The third kappa shape index (κ3) is 44.5. The molecule has 0 saturated carbocycles. The summed E-state index contributed by atoms with van der Waals surface area (Å²) in [7, 11) is 0. The molecule has 0 aliphatic heterocycles. The van der Waals surface area contributed by atoms with Gasteiger partial charge in [0.2, 0.25) is 5.91 Å². The molecule has 0 fully saturated rings. The fourth-order valence-corrected chi connectivity index (χ4v) is 8.14. The molecule has 61 heavy (non-hydrogen) atoms. The Hall–Kier alpha value is -1.92. The molecule has 3 N–H and O–H groups in total. The van der Waals surface area contributed by atoms with Gasteiger partial charge in [-0.05, 0) is 64.2 Å². The van der Waals surface area contributed by atoms with Gasteiger partial charge in [-0.15, -0.1) is 0 Å². The van der Waals surface area contributed by atoms with E-state index in [4.69, 9.17) is 4.74 Å². The molecule has 0 aromatic rings. The number of aliphatic hydroxyl groups excluding tert-OH is 2. The van der Waals surface area contributed by atoms with Crippen molar-refractivity contribution in [1.82, 2.24) is 5.32 Å². The van der Waals surface area contributed by atoms with Gasteiger partial charge in [-0.1, -0.05) is 237 Å². The van der Waals surface area contributed by atoms with Gasteiger partial charge >= 0.3 is 5.97 Å². The molecule has 358 valence electrons. The normalized spacial score (nSPS) is 13.5. The van der Waals surface area contributed by atoms with E-state index in [1.54, 1.807) is 0 Å². The Kier molecular flexibility index (Phi) is 47.6. The number of hydrogen-bond acceptors (Lipinski definition) is 5. The number of rotatable bonds is 48. The zero-order valence-corrected chi connectivity index (χ0v) is 40.8. The highest BCUT2D eigenvalue weighted by Crippen LogP contribution is 2.18. The van der Waals surface area contributed by atoms with Gasteiger partial charge in [0.25, 0.3) is 0 Å². The molecular formula is C55H103NO5. The molecule has 0 aliphatic carbocycles. The average molecular weight is 858 g/mol. The molecule has 1 amide bonds. The number of carbonyl (C=O) groups is 2. The van der Waals surface area contributed by atoms with Gasteiger partial charge in [0.15, 0.2) is 0 Å². The summed E-state index contributed by atoms with van der Waals surface area (Å²) >= 11 is 0. The predicted molar refractivity (Wildman–Crippen MR) is 264 cm³/mol. The van der Waals surface area contributed by atoms with Crippen molar-refractivity contribution in [2.75, 3.05) is 6.61 Å². The molecule has 0 radical (unpaired) electrons. The van der Waals surface area contributed by atoms with Gasteiger partial charge in [-0.25, -0.2) is 0 Å². The van der Waals surface area contributed by atoms with Crippen molar-refractivity contribution in [2.45, 2.75) is 296 Å². The smallest absolute Gasteiger partial charge is 0.306 e. The van der Waals surface area contributed by atoms with Gasteiger partial charge in [-0.3, -0.25) is 9.59 Å². The first kappa shape index (κ1) is 59.1. The Labute approximate surface area is 379 Å². The first-order chi connectivity index (χ1) is 30.0. The lowest BCUT2D eigenvalue weighted by atomic mass is 10.0. The quantitative estimate of drug-likeness (QED) is 0.0322. The minimum Gasteiger partial charge on any atom is -0.462 e. The van der Waals surface area contributed by atoms with E-state index in [9.17, 15) is 19.8 Å². The Balaban J connectivity index is 4.60. The number of carbonyl (C=O) groups excluding carboxylic acids is 2. The van der Waals surface area contributed by atoms with Gasteiger partial charge in [0, 0.05) is 6.42 Å². The van der Waals surface area contributed by atoms with Crippen LogP contribution in [0, 0.1) is 0 Å². The minimum absolute atomic E-state index is 0.0556. The molecule has 3 unspecified atom stereocenters. The van der Waals surface area contributed by atoms with Crippen LogP contribution in [-0.2, 0) is 14.3 Å². The van der Waals surface area contributed by atoms with Crippen molar-refractivity contribution < 1.29 is 24.5 Å². The van der Waals surface area contributed by atoms with Crippen LogP contribution in [0.5, 0.6) is 0 Å². The van der Waals surface area contributed by atoms with E-state index < -0.39 is 18.2 Å². The van der Waals surface area contributed by atoms with Gasteiger partial charge in [0.1, 0.15) is 6.10 Å². The second kappa shape index (κ2) is 49.1. The molecule has 0 bridgehead atoms. The summed E-state index contributed by atoms with van der Waals surface area (Å²) in [5.74, 6) is -0.500. The van der Waals surface area contributed by atoms with Crippen molar-refractivity contribution >= 4 is 11.9 Å². The molecule has 0 spiro atoms. The number of unbranched alkanes of at least 4 members (excludes halogenated alkanes) is 30. The van der Waals surface area contributed by atoms with Crippen LogP contribution in [0.2, 0.25) is 0 Å². The number of amides is 1. The van der Waals surface area contributed by atoms with E-state index in [0.29, 0.717) is 19.3 Å². The van der Waals surface area contributed by atoms with Crippen LogP contribution in [0.15, 0.2) is 36.5 Å². The topological polar surface area (TPSA) is 95.9 Å². The molecule has 0 saturated heterocycles. The number of nitrogens with one attached hydrogen (secondary N) is 1. The van der Waals surface area contributed by atoms with Crippen LogP contribution >= 0.6 is 0 Å². The van der Waals surface area contributed by atoms with Gasteiger partial charge in [0.05, 0.1) is 25.2 Å². The summed E-state index contributed by atoms with van der Waals surface area (Å²) < 4.78 is 5.92. The SMILES string of the molecule is CCCCC/C=C\C/C=C\C/C=C\CCCCC(CC(=O)NC(CO)C(O)CCCCCCCCCCCCCCCCC)OC(=O)CCCCCCCCCCCCCC. The lowest BCUT2D eigenvalue weighted by Crippen LogP contribution is -2.46. The predicted octanol–water partition coefficient (Wildman–Crippen LogP) is 16.1. The van der Waals surface area contributed by atoms with E-state index in [1.807, 2.05) is 0 Å². The highest BCUT2D eigenvalue weighted by atomic mass is 16.5.